The van der Waals surface area contributed by atoms with Crippen LogP contribution in [-0.4, -0.2) is 45.3 Å². The molecule has 0 saturated heterocycles. The van der Waals surface area contributed by atoms with Gasteiger partial charge in [0.25, 0.3) is 0 Å². The fourth-order valence-electron chi connectivity index (χ4n) is 2.84. The number of nitrogens with one attached hydrogen (secondary N) is 1. The Hall–Kier alpha value is -1.26. The first-order valence-electron chi connectivity index (χ1n) is 9.39. The zero-order valence-electron chi connectivity index (χ0n) is 16.1. The summed E-state index contributed by atoms with van der Waals surface area (Å²) in [7, 11) is 3.37. The SMILES string of the molecule is CCCCN(CCCC)CCCNCc1cccc(OC)c1OC. The number of hydrogen-bond donors (Lipinski definition) is 1. The van der Waals surface area contributed by atoms with Crippen molar-refractivity contribution in [1.29, 1.82) is 0 Å². The standard InChI is InChI=1S/C20H36N2O2/c1-5-7-14-22(15-8-6-2)16-10-13-21-17-18-11-9-12-19(23-3)20(18)24-4/h9,11-12,21H,5-8,10,13-17H2,1-4H3. The van der Waals surface area contributed by atoms with E-state index in [1.807, 2.05) is 12.1 Å². The fraction of sp³-hybridized carbons (Fsp3) is 0.700. The summed E-state index contributed by atoms with van der Waals surface area (Å²) in [5.74, 6) is 1.63. The van der Waals surface area contributed by atoms with Crippen LogP contribution in [0.3, 0.4) is 0 Å². The predicted octanol–water partition coefficient (Wildman–Crippen LogP) is 4.09. The second-order valence-corrected chi connectivity index (χ2v) is 6.23. The molecule has 0 radical (unpaired) electrons. The van der Waals surface area contributed by atoms with Crippen molar-refractivity contribution >= 4 is 0 Å². The zero-order valence-corrected chi connectivity index (χ0v) is 16.1. The Labute approximate surface area is 148 Å². The van der Waals surface area contributed by atoms with Gasteiger partial charge in [-0.25, -0.2) is 0 Å². The average Bonchev–Trinajstić information content (AvgIpc) is 2.62. The summed E-state index contributed by atoms with van der Waals surface area (Å²) in [6.07, 6.45) is 6.34. The number of ether oxygens (including phenoxy) is 2. The molecule has 0 aromatic heterocycles. The lowest BCUT2D eigenvalue weighted by molar-refractivity contribution is 0.261. The highest BCUT2D eigenvalue weighted by atomic mass is 16.5. The van der Waals surface area contributed by atoms with Crippen LogP contribution in [0.25, 0.3) is 0 Å². The minimum absolute atomic E-state index is 0.794. The number of para-hydroxylation sites is 1. The van der Waals surface area contributed by atoms with Crippen LogP contribution in [0.5, 0.6) is 11.5 Å². The maximum Gasteiger partial charge on any atom is 0.165 e. The second kappa shape index (κ2) is 13.1. The Morgan fingerprint density at radius 3 is 2.17 bits per heavy atom. The van der Waals surface area contributed by atoms with Gasteiger partial charge in [0.15, 0.2) is 11.5 Å². The Bertz CT molecular complexity index is 430. The van der Waals surface area contributed by atoms with Crippen molar-refractivity contribution in [2.24, 2.45) is 0 Å². The summed E-state index contributed by atoms with van der Waals surface area (Å²) in [5.41, 5.74) is 1.14. The lowest BCUT2D eigenvalue weighted by Crippen LogP contribution is -2.29. The molecule has 138 valence electrons. The van der Waals surface area contributed by atoms with Crippen LogP contribution in [0.1, 0.15) is 51.5 Å². The first-order chi connectivity index (χ1) is 11.8. The molecule has 0 fully saturated rings. The van der Waals surface area contributed by atoms with Gasteiger partial charge in [-0.3, -0.25) is 0 Å². The van der Waals surface area contributed by atoms with Gasteiger partial charge >= 0.3 is 0 Å². The highest BCUT2D eigenvalue weighted by Gasteiger charge is 2.09. The zero-order chi connectivity index (χ0) is 17.6. The number of rotatable bonds is 14. The number of benzene rings is 1. The Morgan fingerprint density at radius 2 is 1.58 bits per heavy atom. The highest BCUT2D eigenvalue weighted by molar-refractivity contribution is 5.46. The predicted molar refractivity (Wildman–Crippen MR) is 102 cm³/mol. The lowest BCUT2D eigenvalue weighted by Gasteiger charge is -2.22. The fourth-order valence-corrected chi connectivity index (χ4v) is 2.84. The molecule has 1 aromatic carbocycles. The number of unbranched alkanes of at least 4 members (excludes halogenated alkanes) is 2. The Balaban J connectivity index is 2.34. The summed E-state index contributed by atoms with van der Waals surface area (Å²) >= 11 is 0. The van der Waals surface area contributed by atoms with Crippen molar-refractivity contribution in [2.75, 3.05) is 40.4 Å². The quantitative estimate of drug-likeness (QED) is 0.519. The van der Waals surface area contributed by atoms with Gasteiger partial charge in [-0.2, -0.15) is 0 Å². The molecule has 0 spiro atoms. The van der Waals surface area contributed by atoms with Gasteiger partial charge in [0.1, 0.15) is 0 Å². The van der Waals surface area contributed by atoms with E-state index >= 15 is 0 Å². The Morgan fingerprint density at radius 1 is 0.917 bits per heavy atom. The van der Waals surface area contributed by atoms with E-state index in [1.165, 1.54) is 51.7 Å². The monoisotopic (exact) mass is 336 g/mol. The molecule has 4 heteroatoms. The molecule has 1 N–H and O–H groups in total. The van der Waals surface area contributed by atoms with E-state index in [0.717, 1.165) is 30.2 Å². The second-order valence-electron chi connectivity index (χ2n) is 6.23. The molecule has 1 aromatic rings. The van der Waals surface area contributed by atoms with Crippen LogP contribution < -0.4 is 14.8 Å². The van der Waals surface area contributed by atoms with E-state index in [0.29, 0.717) is 0 Å². The van der Waals surface area contributed by atoms with Crippen LogP contribution >= 0.6 is 0 Å². The van der Waals surface area contributed by atoms with Crippen molar-refractivity contribution in [3.05, 3.63) is 23.8 Å². The van der Waals surface area contributed by atoms with E-state index in [-0.39, 0.29) is 0 Å². The number of methoxy groups -OCH3 is 2. The third-order valence-electron chi connectivity index (χ3n) is 4.28. The third-order valence-corrected chi connectivity index (χ3v) is 4.28. The summed E-state index contributed by atoms with van der Waals surface area (Å²) in [5, 5.41) is 3.53. The van der Waals surface area contributed by atoms with Crippen molar-refractivity contribution in [3.8, 4) is 11.5 Å². The summed E-state index contributed by atoms with van der Waals surface area (Å²) in [4.78, 5) is 2.61. The van der Waals surface area contributed by atoms with Gasteiger partial charge in [-0.1, -0.05) is 38.8 Å². The first-order valence-corrected chi connectivity index (χ1v) is 9.39. The molecular weight excluding hydrogens is 300 g/mol. The largest absolute Gasteiger partial charge is 0.493 e. The van der Waals surface area contributed by atoms with Crippen molar-refractivity contribution in [1.82, 2.24) is 10.2 Å². The first kappa shape index (κ1) is 20.8. The van der Waals surface area contributed by atoms with Gasteiger partial charge in [-0.15, -0.1) is 0 Å². The summed E-state index contributed by atoms with van der Waals surface area (Å²) in [6.45, 7) is 10.0. The van der Waals surface area contributed by atoms with Crippen LogP contribution in [0.4, 0.5) is 0 Å². The van der Waals surface area contributed by atoms with Crippen LogP contribution in [0.15, 0.2) is 18.2 Å². The molecule has 4 nitrogen and oxygen atoms in total. The van der Waals surface area contributed by atoms with Gasteiger partial charge in [0.05, 0.1) is 14.2 Å². The molecule has 0 bridgehead atoms. The van der Waals surface area contributed by atoms with Crippen molar-refractivity contribution in [3.63, 3.8) is 0 Å². The van der Waals surface area contributed by atoms with Gasteiger partial charge < -0.3 is 19.7 Å². The average molecular weight is 337 g/mol. The highest BCUT2D eigenvalue weighted by Crippen LogP contribution is 2.30. The summed E-state index contributed by atoms with van der Waals surface area (Å²) in [6, 6.07) is 6.03. The maximum atomic E-state index is 5.48. The molecule has 24 heavy (non-hydrogen) atoms. The normalized spacial score (nSPS) is 11.0. The lowest BCUT2D eigenvalue weighted by atomic mass is 10.2. The smallest absolute Gasteiger partial charge is 0.165 e. The molecule has 0 aliphatic heterocycles. The van der Waals surface area contributed by atoms with Gasteiger partial charge in [0, 0.05) is 12.1 Å². The van der Waals surface area contributed by atoms with Crippen LogP contribution in [0, 0.1) is 0 Å². The molecule has 0 saturated carbocycles. The van der Waals surface area contributed by atoms with Gasteiger partial charge in [0.2, 0.25) is 0 Å². The van der Waals surface area contributed by atoms with Crippen molar-refractivity contribution < 1.29 is 9.47 Å². The molecule has 0 amide bonds. The molecular formula is C20H36N2O2. The Kier molecular flexibility index (Phi) is 11.3. The van der Waals surface area contributed by atoms with Crippen molar-refractivity contribution in [2.45, 2.75) is 52.5 Å². The van der Waals surface area contributed by atoms with E-state index in [9.17, 15) is 0 Å². The molecule has 0 unspecified atom stereocenters. The maximum absolute atomic E-state index is 5.48. The molecule has 0 aliphatic rings. The number of hydrogen-bond acceptors (Lipinski definition) is 4. The van der Waals surface area contributed by atoms with E-state index in [2.05, 4.69) is 30.1 Å². The molecule has 0 heterocycles. The molecule has 0 aliphatic carbocycles. The molecule has 0 atom stereocenters. The van der Waals surface area contributed by atoms with Gasteiger partial charge in [-0.05, 0) is 51.5 Å². The topological polar surface area (TPSA) is 33.7 Å². The third kappa shape index (κ3) is 7.54. The van der Waals surface area contributed by atoms with Crippen LogP contribution in [0.2, 0.25) is 0 Å². The minimum Gasteiger partial charge on any atom is -0.493 e. The van der Waals surface area contributed by atoms with E-state index < -0.39 is 0 Å². The van der Waals surface area contributed by atoms with E-state index in [4.69, 9.17) is 9.47 Å². The minimum atomic E-state index is 0.794. The van der Waals surface area contributed by atoms with Crippen LogP contribution in [-0.2, 0) is 6.54 Å². The summed E-state index contributed by atoms with van der Waals surface area (Å²) < 4.78 is 10.8. The number of nitrogens with zero attached hydrogens (tertiary/aromatic N) is 1. The van der Waals surface area contributed by atoms with E-state index in [1.54, 1.807) is 14.2 Å². The molecule has 1 rings (SSSR count).